The number of hydrogen-bond acceptors (Lipinski definition) is 5. The smallest absolute Gasteiger partial charge is 0.373 e. The zero-order chi connectivity index (χ0) is 24.6. The van der Waals surface area contributed by atoms with Gasteiger partial charge in [-0.3, -0.25) is 4.98 Å². The first-order chi connectivity index (χ1) is 17.1. The lowest BCUT2D eigenvalue weighted by atomic mass is 9.88. The molecule has 35 heavy (non-hydrogen) atoms. The number of hydrogen-bond donors (Lipinski definition) is 0. The van der Waals surface area contributed by atoms with E-state index in [1.54, 1.807) is 0 Å². The molecule has 1 saturated carbocycles. The first-order valence-electron chi connectivity index (χ1n) is 11.9. The number of rotatable bonds is 6. The predicted octanol–water partition coefficient (Wildman–Crippen LogP) is 6.59. The normalized spacial score (nSPS) is 13.7. The molecule has 1 aliphatic carbocycles. The van der Waals surface area contributed by atoms with Crippen molar-refractivity contribution in [2.45, 2.75) is 58.1 Å². The van der Waals surface area contributed by atoms with E-state index in [2.05, 4.69) is 67.9 Å². The van der Waals surface area contributed by atoms with Gasteiger partial charge in [-0.15, -0.1) is 0 Å². The van der Waals surface area contributed by atoms with Crippen LogP contribution in [0.15, 0.2) is 65.3 Å². The number of fused-ring (bicyclic) bond motifs is 1. The van der Waals surface area contributed by atoms with Crippen LogP contribution >= 0.6 is 15.9 Å². The summed E-state index contributed by atoms with van der Waals surface area (Å²) < 4.78 is 9.62. The number of pyridine rings is 1. The molecule has 0 unspecified atom stereocenters. The molecule has 2 aromatic heterocycles. The second kappa shape index (κ2) is 11.9. The predicted molar refractivity (Wildman–Crippen MR) is 137 cm³/mol. The minimum Gasteiger partial charge on any atom is -0.487 e. The van der Waals surface area contributed by atoms with Crippen LogP contribution in [0.2, 0.25) is 0 Å². The Morgan fingerprint density at radius 2 is 1.86 bits per heavy atom. The Balaban J connectivity index is 0.000000917. The van der Waals surface area contributed by atoms with Crippen molar-refractivity contribution in [2.24, 2.45) is 0 Å². The highest BCUT2D eigenvalue weighted by molar-refractivity contribution is 9.10. The summed E-state index contributed by atoms with van der Waals surface area (Å²) in [6.45, 7) is 3.31. The molecule has 5 rings (SSSR count). The average Bonchev–Trinajstić information content (AvgIpc) is 3.22. The summed E-state index contributed by atoms with van der Waals surface area (Å²) in [4.78, 5) is 25.8. The van der Waals surface area contributed by atoms with Gasteiger partial charge in [-0.25, -0.2) is 4.98 Å². The van der Waals surface area contributed by atoms with Gasteiger partial charge >= 0.3 is 6.15 Å². The van der Waals surface area contributed by atoms with Crippen molar-refractivity contribution in [1.29, 1.82) is 0 Å². The van der Waals surface area contributed by atoms with Gasteiger partial charge in [0, 0.05) is 29.2 Å². The van der Waals surface area contributed by atoms with Gasteiger partial charge in [-0.1, -0.05) is 53.4 Å². The quantitative estimate of drug-likeness (QED) is 0.279. The number of imidazole rings is 1. The Labute approximate surface area is 213 Å². The van der Waals surface area contributed by atoms with Crippen molar-refractivity contribution in [3.05, 3.63) is 87.9 Å². The topological polar surface area (TPSA) is 74.1 Å². The lowest BCUT2D eigenvalue weighted by molar-refractivity contribution is -0.191. The van der Waals surface area contributed by atoms with Gasteiger partial charge in [0.25, 0.3) is 0 Å². The Kier molecular flexibility index (Phi) is 8.45. The van der Waals surface area contributed by atoms with Gasteiger partial charge in [0.1, 0.15) is 18.2 Å². The third-order valence-corrected chi connectivity index (χ3v) is 6.80. The number of halogens is 1. The SMILES string of the molecule is Cc1ccc(COc2ccc3nc(C4CCCCC4)n(Cc4cccc(Br)c4)c3c2)nc1.O=C=O. The molecule has 7 heteroatoms. The Bertz CT molecular complexity index is 1310. The van der Waals surface area contributed by atoms with Crippen LogP contribution in [-0.4, -0.2) is 20.7 Å². The molecule has 0 atom stereocenters. The molecular weight excluding hydrogens is 506 g/mol. The standard InChI is InChI=1S/C27H28BrN3O.CO2/c1-19-10-11-23(29-16-19)18-32-24-12-13-25-26(15-24)31(17-20-6-5-9-22(28)14-20)27(30-25)21-7-3-2-4-8-21;2-1-3/h5-6,9-16,21H,2-4,7-8,17-18H2,1H3;. The van der Waals surface area contributed by atoms with E-state index < -0.39 is 0 Å². The number of carbonyl (C=O) groups excluding carboxylic acids is 2. The van der Waals surface area contributed by atoms with E-state index in [0.29, 0.717) is 12.5 Å². The molecule has 0 saturated heterocycles. The third kappa shape index (κ3) is 6.44. The van der Waals surface area contributed by atoms with E-state index >= 15 is 0 Å². The zero-order valence-corrected chi connectivity index (χ0v) is 21.3. The Morgan fingerprint density at radius 1 is 1.06 bits per heavy atom. The van der Waals surface area contributed by atoms with Crippen LogP contribution in [0.1, 0.15) is 60.7 Å². The third-order valence-electron chi connectivity index (χ3n) is 6.31. The van der Waals surface area contributed by atoms with E-state index in [9.17, 15) is 0 Å². The van der Waals surface area contributed by atoms with Crippen molar-refractivity contribution in [3.63, 3.8) is 0 Å². The second-order valence-corrected chi connectivity index (χ2v) is 9.79. The molecule has 4 aromatic rings. The molecule has 0 N–H and O–H groups in total. The summed E-state index contributed by atoms with van der Waals surface area (Å²) >= 11 is 3.62. The summed E-state index contributed by atoms with van der Waals surface area (Å²) in [7, 11) is 0. The average molecular weight is 534 g/mol. The molecule has 0 aliphatic heterocycles. The van der Waals surface area contributed by atoms with Crippen LogP contribution in [0, 0.1) is 6.92 Å². The first kappa shape index (κ1) is 24.8. The summed E-state index contributed by atoms with van der Waals surface area (Å²) in [5.74, 6) is 2.60. The van der Waals surface area contributed by atoms with Crippen LogP contribution in [0.5, 0.6) is 5.75 Å². The highest BCUT2D eigenvalue weighted by Gasteiger charge is 2.23. The minimum atomic E-state index is 0.250. The largest absolute Gasteiger partial charge is 0.487 e. The van der Waals surface area contributed by atoms with E-state index in [1.165, 1.54) is 43.5 Å². The highest BCUT2D eigenvalue weighted by atomic mass is 79.9. The van der Waals surface area contributed by atoms with E-state index in [0.717, 1.165) is 39.1 Å². The number of nitrogens with zero attached hydrogens (tertiary/aromatic N) is 3. The molecule has 0 spiro atoms. The van der Waals surface area contributed by atoms with Crippen molar-refractivity contribution < 1.29 is 14.3 Å². The maximum atomic E-state index is 8.12. The van der Waals surface area contributed by atoms with Crippen LogP contribution in [0.3, 0.4) is 0 Å². The van der Waals surface area contributed by atoms with Crippen molar-refractivity contribution >= 4 is 33.1 Å². The van der Waals surface area contributed by atoms with E-state index in [1.807, 2.05) is 25.3 Å². The zero-order valence-electron chi connectivity index (χ0n) is 19.7. The molecule has 180 valence electrons. The van der Waals surface area contributed by atoms with Crippen molar-refractivity contribution in [2.75, 3.05) is 0 Å². The molecule has 0 radical (unpaired) electrons. The van der Waals surface area contributed by atoms with Crippen LogP contribution < -0.4 is 4.74 Å². The lowest BCUT2D eigenvalue weighted by Gasteiger charge is -2.22. The molecule has 2 heterocycles. The van der Waals surface area contributed by atoms with Gasteiger partial charge < -0.3 is 9.30 Å². The summed E-state index contributed by atoms with van der Waals surface area (Å²) in [5.41, 5.74) is 5.54. The number of aryl methyl sites for hydroxylation is 1. The minimum absolute atomic E-state index is 0.250. The summed E-state index contributed by atoms with van der Waals surface area (Å²) in [5, 5.41) is 0. The summed E-state index contributed by atoms with van der Waals surface area (Å²) in [6.07, 6.45) is 8.51. The number of benzene rings is 2. The van der Waals surface area contributed by atoms with Crippen LogP contribution in [0.4, 0.5) is 0 Å². The van der Waals surface area contributed by atoms with Gasteiger partial charge in [-0.05, 0) is 61.2 Å². The lowest BCUT2D eigenvalue weighted by Crippen LogP contribution is -2.13. The van der Waals surface area contributed by atoms with Crippen LogP contribution in [0.25, 0.3) is 11.0 Å². The molecule has 1 fully saturated rings. The van der Waals surface area contributed by atoms with E-state index in [-0.39, 0.29) is 6.15 Å². The van der Waals surface area contributed by atoms with Gasteiger partial charge in [-0.2, -0.15) is 9.59 Å². The highest BCUT2D eigenvalue weighted by Crippen LogP contribution is 2.35. The monoisotopic (exact) mass is 533 g/mol. The molecular formula is C28H28BrN3O3. The molecule has 0 amide bonds. The molecule has 0 bridgehead atoms. The maximum Gasteiger partial charge on any atom is 0.373 e. The molecule has 1 aliphatic rings. The maximum absolute atomic E-state index is 8.12. The van der Waals surface area contributed by atoms with Crippen molar-refractivity contribution in [3.8, 4) is 5.75 Å². The number of aromatic nitrogens is 3. The molecule has 6 nitrogen and oxygen atoms in total. The summed E-state index contributed by atoms with van der Waals surface area (Å²) in [6, 6.07) is 18.9. The Hall–Kier alpha value is -3.28. The molecule has 2 aromatic carbocycles. The number of ether oxygens (including phenoxy) is 1. The van der Waals surface area contributed by atoms with E-state index in [4.69, 9.17) is 19.3 Å². The Morgan fingerprint density at radius 3 is 2.57 bits per heavy atom. The van der Waals surface area contributed by atoms with Crippen molar-refractivity contribution in [1.82, 2.24) is 14.5 Å². The van der Waals surface area contributed by atoms with Crippen LogP contribution in [-0.2, 0) is 22.7 Å². The first-order valence-corrected chi connectivity index (χ1v) is 12.6. The fourth-order valence-electron chi connectivity index (χ4n) is 4.61. The fraction of sp³-hybridized carbons (Fsp3) is 0.321. The van der Waals surface area contributed by atoms with Gasteiger partial charge in [0.15, 0.2) is 0 Å². The fourth-order valence-corrected chi connectivity index (χ4v) is 5.06. The second-order valence-electron chi connectivity index (χ2n) is 8.87. The van der Waals surface area contributed by atoms with Gasteiger partial charge in [0.2, 0.25) is 0 Å². The van der Waals surface area contributed by atoms with Gasteiger partial charge in [0.05, 0.1) is 16.7 Å².